The Morgan fingerprint density at radius 3 is 2.69 bits per heavy atom. The Morgan fingerprint density at radius 1 is 1.31 bits per heavy atom. The van der Waals surface area contributed by atoms with Crippen molar-refractivity contribution in [3.8, 4) is 11.5 Å². The number of nitrogens with zero attached hydrogens (tertiary/aromatic N) is 1. The predicted octanol–water partition coefficient (Wildman–Crippen LogP) is 4.64. The number of hydrogen-bond donors (Lipinski definition) is 1. The second kappa shape index (κ2) is 9.13. The van der Waals surface area contributed by atoms with Crippen molar-refractivity contribution in [3.05, 3.63) is 53.0 Å². The van der Waals surface area contributed by atoms with E-state index in [-0.39, 0.29) is 17.9 Å². The first-order valence-electron chi connectivity index (χ1n) is 9.10. The quantitative estimate of drug-likeness (QED) is 0.404. The Hall–Kier alpha value is -2.69. The molecule has 0 unspecified atom stereocenters. The lowest BCUT2D eigenvalue weighted by Crippen LogP contribution is -2.24. The van der Waals surface area contributed by atoms with Gasteiger partial charge in [-0.3, -0.25) is 4.79 Å². The molecule has 1 heterocycles. The van der Waals surface area contributed by atoms with Crippen LogP contribution >= 0.6 is 0 Å². The minimum atomic E-state index is -0.208. The first-order valence-corrected chi connectivity index (χ1v) is 9.10. The number of hydrogen-bond acceptors (Lipinski definition) is 4. The summed E-state index contributed by atoms with van der Waals surface area (Å²) < 4.78 is 13.5. The fraction of sp³-hybridized carbons (Fsp3) is 0.381. The predicted molar refractivity (Wildman–Crippen MR) is 108 cm³/mol. The van der Waals surface area contributed by atoms with Crippen molar-refractivity contribution in [3.63, 3.8) is 0 Å². The first kappa shape index (κ1) is 19.6. The summed E-state index contributed by atoms with van der Waals surface area (Å²) in [6, 6.07) is 5.51. The van der Waals surface area contributed by atoms with E-state index in [4.69, 9.17) is 15.2 Å². The summed E-state index contributed by atoms with van der Waals surface area (Å²) in [5.74, 6) is 1.43. The van der Waals surface area contributed by atoms with Gasteiger partial charge in [-0.2, -0.15) is 0 Å². The van der Waals surface area contributed by atoms with Crippen LogP contribution in [0.15, 0.2) is 47.5 Å². The summed E-state index contributed by atoms with van der Waals surface area (Å²) >= 11 is 0. The molecule has 2 aromatic rings. The van der Waals surface area contributed by atoms with Crippen LogP contribution in [-0.2, 0) is 6.54 Å². The Kier molecular flexibility index (Phi) is 6.89. The molecule has 0 aliphatic rings. The van der Waals surface area contributed by atoms with Gasteiger partial charge < -0.3 is 19.8 Å². The molecule has 140 valence electrons. The number of aromatic nitrogens is 1. The number of nitrogens with two attached hydrogens (primary N) is 1. The number of nitrogen functional groups attached to an aromatic ring is 1. The van der Waals surface area contributed by atoms with Gasteiger partial charge in [-0.25, -0.2) is 0 Å². The zero-order chi connectivity index (χ0) is 19.1. The van der Waals surface area contributed by atoms with Crippen LogP contribution < -0.4 is 20.8 Å². The van der Waals surface area contributed by atoms with E-state index in [1.807, 2.05) is 38.1 Å². The molecule has 26 heavy (non-hydrogen) atoms. The number of ether oxygens (including phenoxy) is 2. The number of benzene rings is 1. The fourth-order valence-corrected chi connectivity index (χ4v) is 2.79. The molecule has 5 nitrogen and oxygen atoms in total. The number of rotatable bonds is 9. The number of allylic oxidation sites excluding steroid dienone is 2. The average Bonchev–Trinajstić information content (AvgIpc) is 2.64. The van der Waals surface area contributed by atoms with Crippen LogP contribution in [0, 0.1) is 0 Å². The van der Waals surface area contributed by atoms with Gasteiger partial charge in [0.1, 0.15) is 6.61 Å². The van der Waals surface area contributed by atoms with Gasteiger partial charge in [0.2, 0.25) is 5.75 Å². The van der Waals surface area contributed by atoms with Crippen LogP contribution in [0.1, 0.15) is 40.0 Å². The van der Waals surface area contributed by atoms with Crippen LogP contribution in [-0.4, -0.2) is 11.2 Å². The third-order valence-corrected chi connectivity index (χ3v) is 4.19. The van der Waals surface area contributed by atoms with E-state index >= 15 is 0 Å². The van der Waals surface area contributed by atoms with E-state index in [2.05, 4.69) is 13.5 Å². The van der Waals surface area contributed by atoms with Crippen LogP contribution in [0.2, 0.25) is 0 Å². The van der Waals surface area contributed by atoms with Gasteiger partial charge in [-0.05, 0) is 37.6 Å². The molecule has 0 aliphatic carbocycles. The normalized spacial score (nSPS) is 11.6. The lowest BCUT2D eigenvalue weighted by molar-refractivity contribution is 0.321. The van der Waals surface area contributed by atoms with Crippen molar-refractivity contribution in [2.75, 3.05) is 12.3 Å². The lowest BCUT2D eigenvalue weighted by atomic mass is 10.1. The second-order valence-electron chi connectivity index (χ2n) is 6.06. The van der Waals surface area contributed by atoms with Crippen LogP contribution in [0.3, 0.4) is 0 Å². The van der Waals surface area contributed by atoms with Crippen molar-refractivity contribution < 1.29 is 9.47 Å². The highest BCUT2D eigenvalue weighted by Gasteiger charge is 2.20. The van der Waals surface area contributed by atoms with Gasteiger partial charge in [-0.15, -0.1) is 0 Å². The van der Waals surface area contributed by atoms with Crippen molar-refractivity contribution in [2.45, 2.75) is 46.6 Å². The van der Waals surface area contributed by atoms with Crippen molar-refractivity contribution >= 4 is 16.6 Å². The van der Waals surface area contributed by atoms with Gasteiger partial charge in [-0.1, -0.05) is 32.9 Å². The third-order valence-electron chi connectivity index (χ3n) is 4.19. The monoisotopic (exact) mass is 356 g/mol. The molecule has 0 aliphatic heterocycles. The maximum absolute atomic E-state index is 13.1. The summed E-state index contributed by atoms with van der Waals surface area (Å²) in [5.41, 5.74) is 7.14. The van der Waals surface area contributed by atoms with Crippen LogP contribution in [0.4, 0.5) is 5.69 Å². The topological polar surface area (TPSA) is 66.5 Å². The molecule has 0 amide bonds. The van der Waals surface area contributed by atoms with E-state index in [1.165, 1.54) is 0 Å². The minimum Gasteiger partial charge on any atom is -0.481 e. The van der Waals surface area contributed by atoms with Crippen LogP contribution in [0.25, 0.3) is 10.9 Å². The highest BCUT2D eigenvalue weighted by Crippen LogP contribution is 2.35. The van der Waals surface area contributed by atoms with E-state index in [9.17, 15) is 4.79 Å². The molecule has 0 saturated heterocycles. The molecule has 2 N–H and O–H groups in total. The van der Waals surface area contributed by atoms with Gasteiger partial charge in [0.25, 0.3) is 5.56 Å². The number of aryl methyl sites for hydroxylation is 1. The van der Waals surface area contributed by atoms with Gasteiger partial charge in [0.05, 0.1) is 11.3 Å². The van der Waals surface area contributed by atoms with E-state index in [0.717, 1.165) is 29.5 Å². The zero-order valence-electron chi connectivity index (χ0n) is 15.9. The Morgan fingerprint density at radius 2 is 2.08 bits per heavy atom. The highest BCUT2D eigenvalue weighted by atomic mass is 16.5. The van der Waals surface area contributed by atoms with Crippen molar-refractivity contribution in [1.29, 1.82) is 0 Å². The van der Waals surface area contributed by atoms with E-state index < -0.39 is 0 Å². The number of pyridine rings is 1. The molecular weight excluding hydrogens is 328 g/mol. The maximum atomic E-state index is 13.1. The average molecular weight is 356 g/mol. The standard InChI is InChI=1S/C21H28N2O3/c1-5-9-12-23-18-14-15(22)10-11-17(18)19(26-16(7-3)8-4)20(21(23)24)25-13-6-2/h6-7,10-11,14H,2,5,8-9,12-13,22H2,1,3-4H3. The van der Waals surface area contributed by atoms with E-state index in [0.29, 0.717) is 24.4 Å². The molecule has 1 aromatic heterocycles. The fourth-order valence-electron chi connectivity index (χ4n) is 2.79. The smallest absolute Gasteiger partial charge is 0.297 e. The molecular formula is C21H28N2O3. The van der Waals surface area contributed by atoms with Gasteiger partial charge in [0, 0.05) is 24.0 Å². The molecule has 0 radical (unpaired) electrons. The first-order chi connectivity index (χ1) is 12.6. The molecule has 0 atom stereocenters. The zero-order valence-corrected chi connectivity index (χ0v) is 15.9. The number of fused-ring (bicyclic) bond motifs is 1. The summed E-state index contributed by atoms with van der Waals surface area (Å²) in [7, 11) is 0. The lowest BCUT2D eigenvalue weighted by Gasteiger charge is -2.19. The summed E-state index contributed by atoms with van der Waals surface area (Å²) in [6.07, 6.45) is 6.09. The Labute approximate surface area is 154 Å². The number of anilines is 1. The molecule has 0 saturated carbocycles. The molecule has 0 spiro atoms. The maximum Gasteiger partial charge on any atom is 0.297 e. The molecule has 5 heteroatoms. The molecule has 0 fully saturated rings. The molecule has 0 bridgehead atoms. The van der Waals surface area contributed by atoms with Gasteiger partial charge >= 0.3 is 0 Å². The minimum absolute atomic E-state index is 0.208. The summed E-state index contributed by atoms with van der Waals surface area (Å²) in [4.78, 5) is 13.1. The SMILES string of the molecule is C=CCOc1c(OC(=CC)CC)c2ccc(N)cc2n(CCCC)c1=O. The van der Waals surface area contributed by atoms with Crippen molar-refractivity contribution in [1.82, 2.24) is 4.57 Å². The highest BCUT2D eigenvalue weighted by molar-refractivity contribution is 5.90. The third kappa shape index (κ3) is 4.10. The summed E-state index contributed by atoms with van der Waals surface area (Å²) in [6.45, 7) is 10.5. The number of unbranched alkanes of at least 4 members (excludes halogenated alkanes) is 1. The Balaban J connectivity index is 2.80. The summed E-state index contributed by atoms with van der Waals surface area (Å²) in [5, 5.41) is 0.807. The molecule has 2 rings (SSSR count). The largest absolute Gasteiger partial charge is 0.481 e. The second-order valence-corrected chi connectivity index (χ2v) is 6.06. The Bertz CT molecular complexity index is 866. The van der Waals surface area contributed by atoms with Crippen LogP contribution in [0.5, 0.6) is 11.5 Å². The van der Waals surface area contributed by atoms with Crippen molar-refractivity contribution in [2.24, 2.45) is 0 Å². The van der Waals surface area contributed by atoms with E-state index in [1.54, 1.807) is 10.6 Å². The van der Waals surface area contributed by atoms with Gasteiger partial charge in [0.15, 0.2) is 5.75 Å². The molecule has 1 aromatic carbocycles.